The van der Waals surface area contributed by atoms with Gasteiger partial charge in [0.25, 0.3) is 5.69 Å². The largest absolute Gasteiger partial charge is 0.493 e. The molecular formula is C21H29N3O4+2. The van der Waals surface area contributed by atoms with Gasteiger partial charge >= 0.3 is 0 Å². The van der Waals surface area contributed by atoms with Crippen molar-refractivity contribution in [1.29, 1.82) is 0 Å². The normalized spacial score (nSPS) is 20.4. The maximum absolute atomic E-state index is 11.0. The molecule has 0 bridgehead atoms. The zero-order valence-corrected chi connectivity index (χ0v) is 16.7. The van der Waals surface area contributed by atoms with Crippen LogP contribution in [0.2, 0.25) is 0 Å². The molecule has 0 amide bonds. The fraction of sp³-hybridized carbons (Fsp3) is 0.429. The van der Waals surface area contributed by atoms with Crippen molar-refractivity contribution in [2.75, 3.05) is 40.4 Å². The number of ether oxygens (including phenoxy) is 2. The van der Waals surface area contributed by atoms with E-state index in [9.17, 15) is 10.1 Å². The van der Waals surface area contributed by atoms with Crippen LogP contribution < -0.4 is 19.3 Å². The summed E-state index contributed by atoms with van der Waals surface area (Å²) in [5.41, 5.74) is 2.44. The zero-order chi connectivity index (χ0) is 20.1. The van der Waals surface area contributed by atoms with Crippen LogP contribution in [-0.2, 0) is 6.54 Å². The molecule has 0 saturated carbocycles. The second-order valence-electron chi connectivity index (χ2n) is 7.35. The SMILES string of the molecule is COc1ccc(C[NH+]2CC[NH+]([C@@H](C)c3cccc([N+](=O)[O-])c3)CC2)cc1OC. The smallest absolute Gasteiger partial charge is 0.269 e. The van der Waals surface area contributed by atoms with Crippen LogP contribution in [0, 0.1) is 10.1 Å². The summed E-state index contributed by atoms with van der Waals surface area (Å²) in [6, 6.07) is 13.4. The van der Waals surface area contributed by atoms with E-state index in [0.717, 1.165) is 49.8 Å². The quantitative estimate of drug-likeness (QED) is 0.541. The second-order valence-corrected chi connectivity index (χ2v) is 7.35. The molecule has 1 heterocycles. The van der Waals surface area contributed by atoms with Gasteiger partial charge in [0.2, 0.25) is 0 Å². The van der Waals surface area contributed by atoms with Crippen molar-refractivity contribution in [3.05, 3.63) is 63.7 Å². The van der Waals surface area contributed by atoms with Crippen LogP contribution in [0.25, 0.3) is 0 Å². The van der Waals surface area contributed by atoms with E-state index in [2.05, 4.69) is 19.1 Å². The van der Waals surface area contributed by atoms with Gasteiger partial charge in [-0.05, 0) is 25.1 Å². The Morgan fingerprint density at radius 1 is 1.04 bits per heavy atom. The second kappa shape index (κ2) is 9.03. The van der Waals surface area contributed by atoms with Crippen molar-refractivity contribution in [2.45, 2.75) is 19.5 Å². The molecule has 28 heavy (non-hydrogen) atoms. The van der Waals surface area contributed by atoms with E-state index in [1.54, 1.807) is 37.3 Å². The van der Waals surface area contributed by atoms with Crippen molar-refractivity contribution in [2.24, 2.45) is 0 Å². The molecule has 7 nitrogen and oxygen atoms in total. The molecule has 150 valence electrons. The Hall–Kier alpha value is -2.64. The predicted molar refractivity (Wildman–Crippen MR) is 106 cm³/mol. The van der Waals surface area contributed by atoms with Crippen LogP contribution in [-0.4, -0.2) is 45.3 Å². The molecule has 3 rings (SSSR count). The molecule has 1 atom stereocenters. The summed E-state index contributed by atoms with van der Waals surface area (Å²) >= 11 is 0. The highest BCUT2D eigenvalue weighted by atomic mass is 16.6. The maximum Gasteiger partial charge on any atom is 0.269 e. The summed E-state index contributed by atoms with van der Waals surface area (Å²) in [5, 5.41) is 11.0. The minimum Gasteiger partial charge on any atom is -0.493 e. The zero-order valence-electron chi connectivity index (χ0n) is 16.7. The Morgan fingerprint density at radius 3 is 2.39 bits per heavy atom. The third-order valence-electron chi connectivity index (χ3n) is 5.69. The maximum atomic E-state index is 11.0. The van der Waals surface area contributed by atoms with E-state index in [-0.39, 0.29) is 16.7 Å². The lowest BCUT2D eigenvalue weighted by Crippen LogP contribution is -3.27. The van der Waals surface area contributed by atoms with E-state index in [1.807, 2.05) is 12.1 Å². The first-order chi connectivity index (χ1) is 13.5. The molecule has 1 fully saturated rings. The third kappa shape index (κ3) is 4.61. The molecule has 0 aliphatic carbocycles. The van der Waals surface area contributed by atoms with Gasteiger partial charge in [-0.1, -0.05) is 12.1 Å². The molecular weight excluding hydrogens is 358 g/mol. The Kier molecular flexibility index (Phi) is 6.49. The fourth-order valence-electron chi connectivity index (χ4n) is 3.96. The van der Waals surface area contributed by atoms with E-state index in [1.165, 1.54) is 10.5 Å². The first kappa shape index (κ1) is 20.1. The van der Waals surface area contributed by atoms with Crippen LogP contribution >= 0.6 is 0 Å². The average molecular weight is 387 g/mol. The molecule has 2 N–H and O–H groups in total. The number of hydrogen-bond donors (Lipinski definition) is 2. The van der Waals surface area contributed by atoms with Crippen molar-refractivity contribution >= 4 is 5.69 Å². The molecule has 1 aliphatic rings. The number of hydrogen-bond acceptors (Lipinski definition) is 4. The minimum absolute atomic E-state index is 0.168. The topological polar surface area (TPSA) is 70.5 Å². The lowest BCUT2D eigenvalue weighted by Gasteiger charge is -2.33. The number of rotatable bonds is 7. The van der Waals surface area contributed by atoms with Crippen LogP contribution in [0.1, 0.15) is 24.1 Å². The molecule has 0 spiro atoms. The summed E-state index contributed by atoms with van der Waals surface area (Å²) in [5.74, 6) is 1.52. The van der Waals surface area contributed by atoms with Crippen molar-refractivity contribution < 1.29 is 24.2 Å². The van der Waals surface area contributed by atoms with E-state index < -0.39 is 0 Å². The lowest BCUT2D eigenvalue weighted by atomic mass is 10.1. The molecule has 1 aliphatic heterocycles. The summed E-state index contributed by atoms with van der Waals surface area (Å²) in [4.78, 5) is 13.7. The molecule has 2 aromatic rings. The number of non-ortho nitro benzene ring substituents is 1. The van der Waals surface area contributed by atoms with Crippen LogP contribution in [0.4, 0.5) is 5.69 Å². The lowest BCUT2D eigenvalue weighted by molar-refractivity contribution is -1.03. The highest BCUT2D eigenvalue weighted by molar-refractivity contribution is 5.42. The molecule has 1 saturated heterocycles. The van der Waals surface area contributed by atoms with Crippen LogP contribution in [0.5, 0.6) is 11.5 Å². The van der Waals surface area contributed by atoms with Gasteiger partial charge < -0.3 is 19.3 Å². The van der Waals surface area contributed by atoms with Crippen molar-refractivity contribution in [1.82, 2.24) is 0 Å². The minimum atomic E-state index is -0.323. The summed E-state index contributed by atoms with van der Waals surface area (Å²) < 4.78 is 10.7. The van der Waals surface area contributed by atoms with Gasteiger partial charge in [0.05, 0.1) is 19.1 Å². The number of piperazine rings is 1. The third-order valence-corrected chi connectivity index (χ3v) is 5.69. The molecule has 0 aromatic heterocycles. The number of methoxy groups -OCH3 is 2. The molecule has 2 aromatic carbocycles. The highest BCUT2D eigenvalue weighted by Gasteiger charge is 2.28. The Balaban J connectivity index is 1.58. The average Bonchev–Trinajstić information content (AvgIpc) is 2.73. The molecule has 7 heteroatoms. The standard InChI is InChI=1S/C21H27N3O4/c1-16(18-5-4-6-19(14-18)24(25)26)23-11-9-22(10-12-23)15-17-7-8-20(27-2)21(13-17)28-3/h4-8,13-14,16H,9-12,15H2,1-3H3/p+2/t16-/m0/s1. The molecule has 0 unspecified atom stereocenters. The summed E-state index contributed by atoms with van der Waals surface area (Å²) in [7, 11) is 3.30. The number of benzene rings is 2. The Bertz CT molecular complexity index is 819. The van der Waals surface area contributed by atoms with Crippen molar-refractivity contribution in [3.8, 4) is 11.5 Å². The highest BCUT2D eigenvalue weighted by Crippen LogP contribution is 2.27. The van der Waals surface area contributed by atoms with Gasteiger partial charge in [0.15, 0.2) is 11.5 Å². The summed E-state index contributed by atoms with van der Waals surface area (Å²) in [6.45, 7) is 7.36. The monoisotopic (exact) mass is 387 g/mol. The summed E-state index contributed by atoms with van der Waals surface area (Å²) in [6.07, 6.45) is 0. The van der Waals surface area contributed by atoms with Crippen molar-refractivity contribution in [3.63, 3.8) is 0 Å². The van der Waals surface area contributed by atoms with Crippen LogP contribution in [0.15, 0.2) is 42.5 Å². The number of nitrogens with zero attached hydrogens (tertiary/aromatic N) is 1. The Labute approximate surface area is 165 Å². The van der Waals surface area contributed by atoms with E-state index in [0.29, 0.717) is 0 Å². The predicted octanol–water partition coefficient (Wildman–Crippen LogP) is 0.657. The first-order valence-electron chi connectivity index (χ1n) is 9.65. The fourth-order valence-corrected chi connectivity index (χ4v) is 3.96. The number of nitro groups is 1. The first-order valence-corrected chi connectivity index (χ1v) is 9.65. The van der Waals surface area contributed by atoms with Gasteiger partial charge in [-0.2, -0.15) is 0 Å². The number of nitro benzene ring substituents is 1. The van der Waals surface area contributed by atoms with Gasteiger partial charge in [-0.25, -0.2) is 0 Å². The Morgan fingerprint density at radius 2 is 1.75 bits per heavy atom. The molecule has 0 radical (unpaired) electrons. The van der Waals surface area contributed by atoms with Gasteiger partial charge in [0, 0.05) is 23.3 Å². The van der Waals surface area contributed by atoms with E-state index >= 15 is 0 Å². The number of nitrogens with one attached hydrogen (secondary N) is 2. The number of quaternary nitrogens is 2. The van der Waals surface area contributed by atoms with Gasteiger partial charge in [-0.15, -0.1) is 0 Å². The van der Waals surface area contributed by atoms with Gasteiger partial charge in [0.1, 0.15) is 38.8 Å². The van der Waals surface area contributed by atoms with Gasteiger partial charge in [-0.3, -0.25) is 10.1 Å². The van der Waals surface area contributed by atoms with Crippen LogP contribution in [0.3, 0.4) is 0 Å². The van der Waals surface area contributed by atoms with E-state index in [4.69, 9.17) is 9.47 Å².